The minimum atomic E-state index is -0.467. The molecule has 0 spiro atoms. The molecule has 1 unspecified atom stereocenters. The van der Waals surface area contributed by atoms with E-state index in [0.717, 1.165) is 5.56 Å². The van der Waals surface area contributed by atoms with E-state index in [1.807, 2.05) is 18.2 Å². The van der Waals surface area contributed by atoms with E-state index in [9.17, 15) is 9.59 Å². The zero-order valence-corrected chi connectivity index (χ0v) is 12.8. The number of hydrogen-bond acceptors (Lipinski definition) is 4. The Morgan fingerprint density at radius 1 is 1.09 bits per heavy atom. The highest BCUT2D eigenvalue weighted by Gasteiger charge is 2.18. The van der Waals surface area contributed by atoms with Crippen molar-refractivity contribution in [2.75, 3.05) is 0 Å². The van der Waals surface area contributed by atoms with Crippen LogP contribution in [0.25, 0.3) is 0 Å². The molecule has 0 radical (unpaired) electrons. The van der Waals surface area contributed by atoms with Gasteiger partial charge in [0.15, 0.2) is 5.78 Å². The zero-order valence-electron chi connectivity index (χ0n) is 12.1. The van der Waals surface area contributed by atoms with Crippen LogP contribution in [0, 0.1) is 0 Å². The van der Waals surface area contributed by atoms with Crippen molar-refractivity contribution >= 4 is 23.4 Å². The molecule has 0 saturated heterocycles. The molecule has 0 aromatic heterocycles. The highest BCUT2D eigenvalue weighted by molar-refractivity contribution is 6.30. The summed E-state index contributed by atoms with van der Waals surface area (Å²) >= 11 is 5.87. The molecule has 0 heterocycles. The van der Waals surface area contributed by atoms with E-state index in [-0.39, 0.29) is 12.2 Å². The first kappa shape index (κ1) is 16.2. The van der Waals surface area contributed by atoms with Gasteiger partial charge in [0, 0.05) is 23.9 Å². The standard InChI is InChI=1S/C17H16ClNO3/c1-12(20)22-19-16(13-7-9-15(18)10-8-13)11-17(21)14-5-3-2-4-6-14/h2-10,16,19H,11H2,1H3. The van der Waals surface area contributed by atoms with E-state index in [1.165, 1.54) is 6.92 Å². The topological polar surface area (TPSA) is 55.4 Å². The van der Waals surface area contributed by atoms with E-state index in [4.69, 9.17) is 16.4 Å². The van der Waals surface area contributed by atoms with Crippen LogP contribution < -0.4 is 5.48 Å². The van der Waals surface area contributed by atoms with Crippen molar-refractivity contribution in [1.82, 2.24) is 5.48 Å². The average molecular weight is 318 g/mol. The molecule has 0 amide bonds. The minimum absolute atomic E-state index is 0.0415. The third-order valence-corrected chi connectivity index (χ3v) is 3.35. The first-order chi connectivity index (χ1) is 10.6. The van der Waals surface area contributed by atoms with E-state index < -0.39 is 12.0 Å². The van der Waals surface area contributed by atoms with Crippen molar-refractivity contribution in [2.45, 2.75) is 19.4 Å². The summed E-state index contributed by atoms with van der Waals surface area (Å²) in [5.74, 6) is -0.508. The normalized spacial score (nSPS) is 11.7. The number of benzene rings is 2. The highest BCUT2D eigenvalue weighted by atomic mass is 35.5. The van der Waals surface area contributed by atoms with Gasteiger partial charge in [-0.15, -0.1) is 5.48 Å². The lowest BCUT2D eigenvalue weighted by Crippen LogP contribution is -2.26. The summed E-state index contributed by atoms with van der Waals surface area (Å²) in [4.78, 5) is 28.2. The van der Waals surface area contributed by atoms with Crippen LogP contribution in [0.3, 0.4) is 0 Å². The molecule has 0 saturated carbocycles. The fourth-order valence-corrected chi connectivity index (χ4v) is 2.13. The SMILES string of the molecule is CC(=O)ONC(CC(=O)c1ccccc1)c1ccc(Cl)cc1. The van der Waals surface area contributed by atoms with Crippen molar-refractivity contribution in [3.8, 4) is 0 Å². The van der Waals surface area contributed by atoms with Gasteiger partial charge in [-0.1, -0.05) is 54.1 Å². The predicted molar refractivity (Wildman–Crippen MR) is 84.5 cm³/mol. The summed E-state index contributed by atoms with van der Waals surface area (Å²) in [7, 11) is 0. The molecule has 114 valence electrons. The van der Waals surface area contributed by atoms with Gasteiger partial charge in [-0.3, -0.25) is 9.59 Å². The monoisotopic (exact) mass is 317 g/mol. The van der Waals surface area contributed by atoms with Crippen molar-refractivity contribution in [1.29, 1.82) is 0 Å². The quantitative estimate of drug-likeness (QED) is 0.651. The maximum atomic E-state index is 12.3. The van der Waals surface area contributed by atoms with Crippen molar-refractivity contribution < 1.29 is 14.4 Å². The number of nitrogens with one attached hydrogen (secondary N) is 1. The molecule has 22 heavy (non-hydrogen) atoms. The first-order valence-electron chi connectivity index (χ1n) is 6.83. The van der Waals surface area contributed by atoms with E-state index in [2.05, 4.69) is 5.48 Å². The molecule has 1 atom stereocenters. The lowest BCUT2D eigenvalue weighted by Gasteiger charge is -2.17. The van der Waals surface area contributed by atoms with Crippen LogP contribution in [0.2, 0.25) is 5.02 Å². The van der Waals surface area contributed by atoms with Crippen molar-refractivity contribution in [3.63, 3.8) is 0 Å². The third kappa shape index (κ3) is 4.69. The molecular formula is C17H16ClNO3. The Balaban J connectivity index is 2.15. The van der Waals surface area contributed by atoms with E-state index in [0.29, 0.717) is 10.6 Å². The Morgan fingerprint density at radius 3 is 2.32 bits per heavy atom. The fraction of sp³-hybridized carbons (Fsp3) is 0.176. The number of Topliss-reactive ketones (excluding diaryl/α,β-unsaturated/α-hetero) is 1. The highest BCUT2D eigenvalue weighted by Crippen LogP contribution is 2.21. The van der Waals surface area contributed by atoms with Crippen LogP contribution in [-0.2, 0) is 9.63 Å². The maximum absolute atomic E-state index is 12.3. The number of hydrogen-bond donors (Lipinski definition) is 1. The third-order valence-electron chi connectivity index (χ3n) is 3.10. The summed E-state index contributed by atoms with van der Waals surface area (Å²) in [5.41, 5.74) is 4.07. The van der Waals surface area contributed by atoms with Gasteiger partial charge >= 0.3 is 5.97 Å². The van der Waals surface area contributed by atoms with Crippen LogP contribution in [0.4, 0.5) is 0 Å². The molecule has 5 heteroatoms. The molecule has 0 bridgehead atoms. The van der Waals surface area contributed by atoms with Crippen molar-refractivity contribution in [2.24, 2.45) is 0 Å². The zero-order chi connectivity index (χ0) is 15.9. The lowest BCUT2D eigenvalue weighted by atomic mass is 9.98. The number of carbonyl (C=O) groups excluding carboxylic acids is 2. The molecule has 0 aliphatic carbocycles. The Bertz CT molecular complexity index is 641. The van der Waals surface area contributed by atoms with Gasteiger partial charge < -0.3 is 4.84 Å². The second-order valence-corrected chi connectivity index (χ2v) is 5.25. The van der Waals surface area contributed by atoms with E-state index >= 15 is 0 Å². The largest absolute Gasteiger partial charge is 0.370 e. The van der Waals surface area contributed by atoms with E-state index in [1.54, 1.807) is 36.4 Å². The predicted octanol–water partition coefficient (Wildman–Crippen LogP) is 3.72. The summed E-state index contributed by atoms with van der Waals surface area (Å²) in [6.07, 6.45) is 0.166. The fourth-order valence-electron chi connectivity index (χ4n) is 2.00. The Labute approximate surface area is 134 Å². The van der Waals surface area contributed by atoms with Gasteiger partial charge in [-0.25, -0.2) is 0 Å². The van der Waals surface area contributed by atoms with Crippen LogP contribution in [0.1, 0.15) is 35.3 Å². The summed E-state index contributed by atoms with van der Waals surface area (Å²) in [5, 5.41) is 0.601. The molecular weight excluding hydrogens is 302 g/mol. The molecule has 4 nitrogen and oxygen atoms in total. The van der Waals surface area contributed by atoms with Gasteiger partial charge in [0.25, 0.3) is 0 Å². The summed E-state index contributed by atoms with van der Waals surface area (Å²) in [6, 6.07) is 15.6. The minimum Gasteiger partial charge on any atom is -0.370 e. The van der Waals surface area contributed by atoms with Gasteiger partial charge in [-0.2, -0.15) is 0 Å². The van der Waals surface area contributed by atoms with Gasteiger partial charge in [0.2, 0.25) is 0 Å². The van der Waals surface area contributed by atoms with Gasteiger partial charge in [-0.05, 0) is 17.7 Å². The number of hydroxylamine groups is 1. The Kier molecular flexibility index (Phi) is 5.69. The molecule has 2 aromatic carbocycles. The summed E-state index contributed by atoms with van der Waals surface area (Å²) in [6.45, 7) is 1.30. The number of ketones is 1. The lowest BCUT2D eigenvalue weighted by molar-refractivity contribution is -0.150. The number of halogens is 1. The second-order valence-electron chi connectivity index (χ2n) is 4.81. The smallest absolute Gasteiger partial charge is 0.321 e. The van der Waals surface area contributed by atoms with Gasteiger partial charge in [0.1, 0.15) is 0 Å². The molecule has 1 N–H and O–H groups in total. The van der Waals surface area contributed by atoms with Crippen molar-refractivity contribution in [3.05, 3.63) is 70.7 Å². The molecule has 2 aromatic rings. The van der Waals surface area contributed by atoms with Crippen LogP contribution in [-0.4, -0.2) is 11.8 Å². The molecule has 0 aliphatic heterocycles. The molecule has 2 rings (SSSR count). The Hall–Kier alpha value is -2.17. The Morgan fingerprint density at radius 2 is 1.73 bits per heavy atom. The van der Waals surface area contributed by atoms with Gasteiger partial charge in [0.05, 0.1) is 6.04 Å². The second kappa shape index (κ2) is 7.73. The molecule has 0 fully saturated rings. The molecule has 0 aliphatic rings. The average Bonchev–Trinajstić information content (AvgIpc) is 2.53. The number of rotatable bonds is 6. The van der Waals surface area contributed by atoms with Crippen LogP contribution in [0.15, 0.2) is 54.6 Å². The van der Waals surface area contributed by atoms with Crippen LogP contribution in [0.5, 0.6) is 0 Å². The maximum Gasteiger partial charge on any atom is 0.321 e. The van der Waals surface area contributed by atoms with Crippen LogP contribution >= 0.6 is 11.6 Å². The number of carbonyl (C=O) groups is 2. The summed E-state index contributed by atoms with van der Waals surface area (Å²) < 4.78 is 0. The first-order valence-corrected chi connectivity index (χ1v) is 7.20.